The predicted molar refractivity (Wildman–Crippen MR) is 78.5 cm³/mol. The first-order chi connectivity index (χ1) is 9.10. The second-order valence-electron chi connectivity index (χ2n) is 7.43. The molecule has 4 bridgehead atoms. The number of benzene rings is 1. The van der Waals surface area contributed by atoms with Crippen molar-refractivity contribution in [3.05, 3.63) is 16.7 Å². The standard InChI is InChI=1S/C15H21O4P/c1-8-11-9(14(2,3)4)13-10(15(5,6)7)12(8)18-20(17-11)19-16-13/h1-7H3. The molecule has 0 atom stereocenters. The van der Waals surface area contributed by atoms with Crippen molar-refractivity contribution in [2.45, 2.75) is 59.3 Å². The Bertz CT molecular complexity index is 536. The van der Waals surface area contributed by atoms with E-state index in [-0.39, 0.29) is 10.8 Å². The van der Waals surface area contributed by atoms with Crippen molar-refractivity contribution in [2.75, 3.05) is 0 Å². The molecule has 5 heteroatoms. The first kappa shape index (κ1) is 14.0. The molecule has 20 heavy (non-hydrogen) atoms. The Morgan fingerprint density at radius 1 is 0.750 bits per heavy atom. The van der Waals surface area contributed by atoms with Crippen molar-refractivity contribution in [3.63, 3.8) is 0 Å². The summed E-state index contributed by atoms with van der Waals surface area (Å²) in [7, 11) is -1.50. The van der Waals surface area contributed by atoms with Crippen LogP contribution in [0.15, 0.2) is 0 Å². The van der Waals surface area contributed by atoms with Crippen LogP contribution in [0.5, 0.6) is 17.2 Å². The molecule has 0 radical (unpaired) electrons. The minimum atomic E-state index is -1.50. The summed E-state index contributed by atoms with van der Waals surface area (Å²) in [5, 5.41) is 0. The van der Waals surface area contributed by atoms with E-state index in [1.54, 1.807) is 0 Å². The summed E-state index contributed by atoms with van der Waals surface area (Å²) in [6.07, 6.45) is 0. The van der Waals surface area contributed by atoms with E-state index in [1.165, 1.54) is 0 Å². The molecule has 0 saturated carbocycles. The van der Waals surface area contributed by atoms with Crippen LogP contribution in [-0.2, 0) is 15.5 Å². The van der Waals surface area contributed by atoms with Gasteiger partial charge >= 0.3 is 8.60 Å². The van der Waals surface area contributed by atoms with Gasteiger partial charge in [0.25, 0.3) is 0 Å². The lowest BCUT2D eigenvalue weighted by molar-refractivity contribution is -0.103. The van der Waals surface area contributed by atoms with Crippen LogP contribution in [0.2, 0.25) is 0 Å². The van der Waals surface area contributed by atoms with Gasteiger partial charge in [0.1, 0.15) is 11.5 Å². The maximum atomic E-state index is 5.84. The van der Waals surface area contributed by atoms with Gasteiger partial charge in [-0.2, -0.15) is 0 Å². The molecule has 3 aliphatic rings. The van der Waals surface area contributed by atoms with Crippen LogP contribution in [0.3, 0.4) is 0 Å². The molecule has 0 aliphatic carbocycles. The number of rotatable bonds is 0. The molecule has 110 valence electrons. The van der Waals surface area contributed by atoms with E-state index in [0.717, 1.165) is 33.9 Å². The van der Waals surface area contributed by atoms with E-state index in [0.29, 0.717) is 0 Å². The second-order valence-corrected chi connectivity index (χ2v) is 8.39. The minimum Gasteiger partial charge on any atom is -0.415 e. The Morgan fingerprint density at radius 3 is 1.60 bits per heavy atom. The van der Waals surface area contributed by atoms with Crippen LogP contribution in [0, 0.1) is 6.92 Å². The van der Waals surface area contributed by atoms with Crippen LogP contribution in [0.25, 0.3) is 0 Å². The summed E-state index contributed by atoms with van der Waals surface area (Å²) in [6, 6.07) is 0. The maximum absolute atomic E-state index is 5.84. The Hall–Kier alpha value is -0.990. The highest BCUT2D eigenvalue weighted by Gasteiger charge is 2.45. The molecule has 0 N–H and O–H groups in total. The minimum absolute atomic E-state index is 0.0972. The SMILES string of the molecule is Cc1c2c(C(C)(C)C)c3c(C(C)(C)C)c1OP(OO3)O2. The van der Waals surface area contributed by atoms with Gasteiger partial charge in [0.2, 0.25) is 0 Å². The van der Waals surface area contributed by atoms with E-state index < -0.39 is 8.60 Å². The molecule has 3 heterocycles. The zero-order valence-corrected chi connectivity index (χ0v) is 14.0. The molecular weight excluding hydrogens is 275 g/mol. The third-order valence-corrected chi connectivity index (χ3v) is 4.46. The van der Waals surface area contributed by atoms with E-state index in [4.69, 9.17) is 18.6 Å². The number of fused-ring (bicyclic) bond motifs is 1. The highest BCUT2D eigenvalue weighted by Crippen LogP contribution is 2.63. The average molecular weight is 296 g/mol. The van der Waals surface area contributed by atoms with Crippen LogP contribution in [-0.4, -0.2) is 0 Å². The third kappa shape index (κ3) is 1.89. The Balaban J connectivity index is 2.43. The second kappa shape index (κ2) is 4.02. The molecule has 0 spiro atoms. The monoisotopic (exact) mass is 296 g/mol. The molecule has 4 nitrogen and oxygen atoms in total. The molecule has 0 saturated heterocycles. The highest BCUT2D eigenvalue weighted by atomic mass is 31.2. The third-order valence-electron chi connectivity index (χ3n) is 3.60. The summed E-state index contributed by atoms with van der Waals surface area (Å²) < 4.78 is 17.0. The van der Waals surface area contributed by atoms with Gasteiger partial charge in [-0.05, 0) is 17.8 Å². The lowest BCUT2D eigenvalue weighted by Gasteiger charge is -2.32. The normalized spacial score (nSPS) is 17.6. The van der Waals surface area contributed by atoms with Crippen molar-refractivity contribution in [2.24, 2.45) is 0 Å². The average Bonchev–Trinajstić information content (AvgIpc) is 2.48. The molecule has 0 aromatic heterocycles. The fourth-order valence-corrected chi connectivity index (χ4v) is 3.74. The van der Waals surface area contributed by atoms with Gasteiger partial charge in [-0.1, -0.05) is 46.2 Å². The van der Waals surface area contributed by atoms with Crippen LogP contribution in [0.4, 0.5) is 0 Å². The van der Waals surface area contributed by atoms with Crippen molar-refractivity contribution in [1.82, 2.24) is 0 Å². The van der Waals surface area contributed by atoms with Gasteiger partial charge in [-0.3, -0.25) is 0 Å². The first-order valence-corrected chi connectivity index (χ1v) is 7.92. The topological polar surface area (TPSA) is 36.9 Å². The lowest BCUT2D eigenvalue weighted by Crippen LogP contribution is -2.21. The molecule has 1 aromatic carbocycles. The van der Waals surface area contributed by atoms with Crippen molar-refractivity contribution < 1.29 is 18.6 Å². The van der Waals surface area contributed by atoms with Gasteiger partial charge in [0.05, 0.1) is 0 Å². The quantitative estimate of drug-likeness (QED) is 0.503. The Labute approximate surface area is 121 Å². The van der Waals surface area contributed by atoms with Crippen molar-refractivity contribution >= 4 is 8.60 Å². The number of hydrogen-bond acceptors (Lipinski definition) is 4. The van der Waals surface area contributed by atoms with Crippen LogP contribution < -0.4 is 13.9 Å². The predicted octanol–water partition coefficient (Wildman–Crippen LogP) is 4.91. The summed E-state index contributed by atoms with van der Waals surface area (Å²) in [5.74, 6) is 2.50. The first-order valence-electron chi connectivity index (χ1n) is 6.83. The fourth-order valence-electron chi connectivity index (χ4n) is 2.75. The van der Waals surface area contributed by atoms with Gasteiger partial charge < -0.3 is 13.9 Å². The number of hydrogen-bond donors (Lipinski definition) is 0. The smallest absolute Gasteiger partial charge is 0.415 e. The molecule has 4 rings (SSSR count). The van der Waals surface area contributed by atoms with Crippen LogP contribution in [0.1, 0.15) is 58.2 Å². The zero-order chi connectivity index (χ0) is 14.9. The molecule has 0 fully saturated rings. The lowest BCUT2D eigenvalue weighted by atomic mass is 9.77. The molecule has 0 unspecified atom stereocenters. The van der Waals surface area contributed by atoms with Crippen LogP contribution >= 0.6 is 8.60 Å². The van der Waals surface area contributed by atoms with Gasteiger partial charge in [0, 0.05) is 16.7 Å². The maximum Gasteiger partial charge on any atom is 0.502 e. The highest BCUT2D eigenvalue weighted by molar-refractivity contribution is 7.42. The van der Waals surface area contributed by atoms with E-state index in [2.05, 4.69) is 41.5 Å². The largest absolute Gasteiger partial charge is 0.502 e. The van der Waals surface area contributed by atoms with E-state index >= 15 is 0 Å². The van der Waals surface area contributed by atoms with Gasteiger partial charge in [-0.15, -0.1) is 0 Å². The molecule has 0 amide bonds. The summed E-state index contributed by atoms with van der Waals surface area (Å²) >= 11 is 0. The Morgan fingerprint density at radius 2 is 1.20 bits per heavy atom. The van der Waals surface area contributed by atoms with Crippen molar-refractivity contribution in [1.29, 1.82) is 0 Å². The van der Waals surface area contributed by atoms with Crippen molar-refractivity contribution in [3.8, 4) is 17.2 Å². The summed E-state index contributed by atoms with van der Waals surface area (Å²) in [4.78, 5) is 5.62. The summed E-state index contributed by atoms with van der Waals surface area (Å²) in [6.45, 7) is 15.0. The van der Waals surface area contributed by atoms with E-state index in [1.807, 2.05) is 6.92 Å². The summed E-state index contributed by atoms with van der Waals surface area (Å²) in [5.41, 5.74) is 2.98. The molecule has 1 aromatic rings. The fraction of sp³-hybridized carbons (Fsp3) is 0.600. The molecular formula is C15H21O4P. The zero-order valence-electron chi connectivity index (χ0n) is 13.1. The van der Waals surface area contributed by atoms with Gasteiger partial charge in [0.15, 0.2) is 5.75 Å². The Kier molecular flexibility index (Phi) is 2.81. The molecule has 3 aliphatic heterocycles. The van der Waals surface area contributed by atoms with Gasteiger partial charge in [-0.25, -0.2) is 0 Å². The van der Waals surface area contributed by atoms with E-state index in [9.17, 15) is 0 Å².